The molecule has 0 unspecified atom stereocenters. The van der Waals surface area contributed by atoms with Crippen LogP contribution in [0.2, 0.25) is 0 Å². The minimum absolute atomic E-state index is 0.0737. The van der Waals surface area contributed by atoms with E-state index in [4.69, 9.17) is 29.9 Å². The van der Waals surface area contributed by atoms with E-state index in [1.54, 1.807) is 18.2 Å². The topological polar surface area (TPSA) is 60.3 Å². The summed E-state index contributed by atoms with van der Waals surface area (Å²) in [6.07, 6.45) is 1.46. The van der Waals surface area contributed by atoms with Crippen LogP contribution in [0.15, 0.2) is 29.3 Å². The Kier molecular flexibility index (Phi) is 5.21. The van der Waals surface area contributed by atoms with Crippen molar-refractivity contribution in [1.82, 2.24) is 0 Å². The molecule has 114 valence electrons. The summed E-state index contributed by atoms with van der Waals surface area (Å²) in [7, 11) is 16.0. The first-order valence-corrected chi connectivity index (χ1v) is 6.72. The second-order valence-corrected chi connectivity index (χ2v) is 4.69. The molecule has 2 rings (SSSR count). The molecule has 0 atom stereocenters. The molecule has 0 spiro atoms. The number of rotatable bonds is 5. The van der Waals surface area contributed by atoms with Crippen molar-refractivity contribution >= 4 is 38.5 Å². The zero-order chi connectivity index (χ0) is 17.0. The number of hydrogen-bond donors (Lipinski definition) is 1. The Labute approximate surface area is 137 Å². The monoisotopic (exact) mass is 307 g/mol. The lowest BCUT2D eigenvalue weighted by Gasteiger charge is -2.12. The number of ether oxygens (including phenoxy) is 3. The summed E-state index contributed by atoms with van der Waals surface area (Å²) in [4.78, 5) is 4.30. The fourth-order valence-electron chi connectivity index (χ4n) is 2.09. The highest BCUT2D eigenvalue weighted by Gasteiger charge is 2.12. The highest BCUT2D eigenvalue weighted by Crippen LogP contribution is 2.40. The molecular weight excluding hydrogens is 292 g/mol. The van der Waals surface area contributed by atoms with E-state index in [0.717, 1.165) is 0 Å². The van der Waals surface area contributed by atoms with Crippen molar-refractivity contribution in [1.29, 1.82) is 0 Å². The van der Waals surface area contributed by atoms with Crippen molar-refractivity contribution in [2.45, 2.75) is 0 Å². The summed E-state index contributed by atoms with van der Waals surface area (Å²) in [5, 5.41) is 9.94. The zero-order valence-corrected chi connectivity index (χ0v) is 13.2. The molecule has 2 aromatic rings. The molecule has 7 heteroatoms. The predicted octanol–water partition coefficient (Wildman–Crippen LogP) is 0.756. The van der Waals surface area contributed by atoms with Gasteiger partial charge in [-0.1, -0.05) is 23.1 Å². The van der Waals surface area contributed by atoms with E-state index < -0.39 is 0 Å². The van der Waals surface area contributed by atoms with Crippen molar-refractivity contribution in [3.05, 3.63) is 29.8 Å². The molecule has 2 aromatic carbocycles. The van der Waals surface area contributed by atoms with Crippen LogP contribution >= 0.6 is 0 Å². The lowest BCUT2D eigenvalue weighted by Crippen LogP contribution is -2.15. The summed E-state index contributed by atoms with van der Waals surface area (Å²) in [6.45, 7) is 0. The van der Waals surface area contributed by atoms with Crippen LogP contribution in [0, 0.1) is 0 Å². The van der Waals surface area contributed by atoms with Crippen molar-refractivity contribution in [3.63, 3.8) is 0 Å². The highest BCUT2D eigenvalue weighted by molar-refractivity contribution is 6.39. The van der Waals surface area contributed by atoms with E-state index >= 15 is 0 Å². The summed E-state index contributed by atoms with van der Waals surface area (Å²) in [6, 6.07) is 6.43. The molecule has 0 aromatic heterocycles. The van der Waals surface area contributed by atoms with Gasteiger partial charge >= 0.3 is 0 Å². The molecule has 0 aliphatic rings. The number of phenolic OH excluding ortho intramolecular Hbond substituents is 1. The third-order valence-electron chi connectivity index (χ3n) is 3.19. The Balaban J connectivity index is 2.44. The molecule has 0 heterocycles. The normalized spacial score (nSPS) is 10.7. The molecular formula is C16H15B2NO4. The first-order chi connectivity index (χ1) is 11.0. The number of hydrogen-bond acceptors (Lipinski definition) is 5. The van der Waals surface area contributed by atoms with Crippen molar-refractivity contribution in [2.24, 2.45) is 4.99 Å². The molecule has 1 N–H and O–H groups in total. The van der Waals surface area contributed by atoms with E-state index in [9.17, 15) is 5.11 Å². The Morgan fingerprint density at radius 1 is 0.957 bits per heavy atom. The van der Waals surface area contributed by atoms with Gasteiger partial charge < -0.3 is 19.3 Å². The largest absolute Gasteiger partial charge is 0.508 e. The third kappa shape index (κ3) is 3.62. The Morgan fingerprint density at radius 3 is 2.09 bits per heavy atom. The van der Waals surface area contributed by atoms with E-state index in [1.807, 2.05) is 0 Å². The Morgan fingerprint density at radius 2 is 1.57 bits per heavy atom. The van der Waals surface area contributed by atoms with Crippen LogP contribution in [0.1, 0.15) is 5.56 Å². The second-order valence-electron chi connectivity index (χ2n) is 4.69. The van der Waals surface area contributed by atoms with Crippen LogP contribution in [0.4, 0.5) is 5.69 Å². The van der Waals surface area contributed by atoms with Gasteiger partial charge in [-0.05, 0) is 0 Å². The number of methoxy groups -OCH3 is 3. The molecule has 0 aliphatic heterocycles. The van der Waals surface area contributed by atoms with Gasteiger partial charge in [-0.3, -0.25) is 4.99 Å². The summed E-state index contributed by atoms with van der Waals surface area (Å²) in [5.41, 5.74) is 1.60. The average Bonchev–Trinajstić information content (AvgIpc) is 2.55. The van der Waals surface area contributed by atoms with E-state index in [2.05, 4.69) is 4.99 Å². The smallest absolute Gasteiger partial charge is 0.203 e. The van der Waals surface area contributed by atoms with Gasteiger partial charge in [0.05, 0.1) is 27.0 Å². The van der Waals surface area contributed by atoms with Gasteiger partial charge in [-0.15, -0.1) is 0 Å². The average molecular weight is 307 g/mol. The van der Waals surface area contributed by atoms with Gasteiger partial charge in [-0.2, -0.15) is 0 Å². The van der Waals surface area contributed by atoms with Gasteiger partial charge in [0.15, 0.2) is 11.5 Å². The van der Waals surface area contributed by atoms with Gasteiger partial charge in [-0.25, -0.2) is 0 Å². The van der Waals surface area contributed by atoms with Crippen molar-refractivity contribution in [3.8, 4) is 23.0 Å². The molecule has 0 saturated carbocycles. The quantitative estimate of drug-likeness (QED) is 0.654. The number of phenols is 1. The van der Waals surface area contributed by atoms with Crippen LogP contribution in [0.25, 0.3) is 0 Å². The van der Waals surface area contributed by atoms with Crippen LogP contribution in [0.5, 0.6) is 23.0 Å². The summed E-state index contributed by atoms with van der Waals surface area (Å²) >= 11 is 0. The second kappa shape index (κ2) is 7.13. The van der Waals surface area contributed by atoms with Gasteiger partial charge in [0.2, 0.25) is 5.75 Å². The number of aromatic hydroxyl groups is 1. The fraction of sp³-hybridized carbons (Fsp3) is 0.188. The number of benzene rings is 2. The molecule has 0 saturated heterocycles. The van der Waals surface area contributed by atoms with E-state index in [0.29, 0.717) is 34.0 Å². The molecule has 0 fully saturated rings. The first-order valence-electron chi connectivity index (χ1n) is 6.72. The molecule has 23 heavy (non-hydrogen) atoms. The van der Waals surface area contributed by atoms with Crippen molar-refractivity contribution < 1.29 is 19.3 Å². The van der Waals surface area contributed by atoms with E-state index in [-0.39, 0.29) is 11.2 Å². The maximum atomic E-state index is 9.94. The van der Waals surface area contributed by atoms with Gasteiger partial charge in [0, 0.05) is 23.9 Å². The summed E-state index contributed by atoms with van der Waals surface area (Å²) in [5.74, 6) is 1.37. The van der Waals surface area contributed by atoms with Crippen LogP contribution in [-0.2, 0) is 0 Å². The molecule has 4 radical (unpaired) electrons. The van der Waals surface area contributed by atoms with E-state index in [1.165, 1.54) is 33.6 Å². The number of aliphatic imine (C=N–C) groups is 1. The van der Waals surface area contributed by atoms with Crippen LogP contribution < -0.4 is 25.1 Å². The Bertz CT molecular complexity index is 722. The van der Waals surface area contributed by atoms with Crippen LogP contribution in [-0.4, -0.2) is 48.3 Å². The van der Waals surface area contributed by atoms with Gasteiger partial charge in [0.25, 0.3) is 0 Å². The molecule has 0 aliphatic carbocycles. The standard InChI is InChI=1S/C16H15B2NO4/c1-21-13-6-11(7-14(22-2)16(13)23-3)19-8-9-4-10(17)5-12(18)15(9)20/h4-8,20H,1-3H3. The number of nitrogens with zero attached hydrogens (tertiary/aromatic N) is 1. The first kappa shape index (κ1) is 16.8. The maximum Gasteiger partial charge on any atom is 0.203 e. The maximum absolute atomic E-state index is 9.94. The minimum Gasteiger partial charge on any atom is -0.508 e. The summed E-state index contributed by atoms with van der Waals surface area (Å²) < 4.78 is 15.8. The van der Waals surface area contributed by atoms with Gasteiger partial charge in [0.1, 0.15) is 21.4 Å². The SMILES string of the molecule is [B]c1cc([B])c(O)c(C=Nc2cc(OC)c(OC)c(OC)c2)c1. The molecule has 0 amide bonds. The lowest BCUT2D eigenvalue weighted by atomic mass is 9.85. The van der Waals surface area contributed by atoms with Crippen molar-refractivity contribution in [2.75, 3.05) is 21.3 Å². The fourth-order valence-corrected chi connectivity index (χ4v) is 2.09. The molecule has 0 bridgehead atoms. The zero-order valence-electron chi connectivity index (χ0n) is 13.2. The minimum atomic E-state index is -0.0737. The highest BCUT2D eigenvalue weighted by atomic mass is 16.5. The van der Waals surface area contributed by atoms with Crippen LogP contribution in [0.3, 0.4) is 0 Å². The lowest BCUT2D eigenvalue weighted by molar-refractivity contribution is 0.324. The third-order valence-corrected chi connectivity index (χ3v) is 3.19. The predicted molar refractivity (Wildman–Crippen MR) is 92.2 cm³/mol. The molecule has 5 nitrogen and oxygen atoms in total. The Hall–Kier alpha value is -2.56.